The number of halogens is 1. The molecular formula is C17H24ClN5OS. The summed E-state index contributed by atoms with van der Waals surface area (Å²) in [7, 11) is 0. The van der Waals surface area contributed by atoms with Crippen LogP contribution < -0.4 is 5.32 Å². The summed E-state index contributed by atoms with van der Waals surface area (Å²) in [4.78, 5) is 10.6. The van der Waals surface area contributed by atoms with E-state index in [1.165, 1.54) is 24.2 Å². The highest BCUT2D eigenvalue weighted by molar-refractivity contribution is 7.15. The van der Waals surface area contributed by atoms with Gasteiger partial charge in [0.1, 0.15) is 5.02 Å². The highest BCUT2D eigenvalue weighted by atomic mass is 35.5. The molecule has 8 heteroatoms. The van der Waals surface area contributed by atoms with Gasteiger partial charge in [-0.2, -0.15) is 5.10 Å². The number of anilines is 2. The van der Waals surface area contributed by atoms with E-state index < -0.39 is 5.60 Å². The van der Waals surface area contributed by atoms with Crippen molar-refractivity contribution in [3.8, 4) is 10.7 Å². The maximum atomic E-state index is 10.1. The molecule has 1 fully saturated rings. The Morgan fingerprint density at radius 1 is 1.40 bits per heavy atom. The van der Waals surface area contributed by atoms with Gasteiger partial charge in [0.05, 0.1) is 16.7 Å². The van der Waals surface area contributed by atoms with Crippen LogP contribution in [0.2, 0.25) is 5.02 Å². The van der Waals surface area contributed by atoms with E-state index in [1.54, 1.807) is 20.0 Å². The number of nitrogens with one attached hydrogen (secondary N) is 2. The summed E-state index contributed by atoms with van der Waals surface area (Å²) < 4.78 is 0. The molecule has 1 saturated carbocycles. The van der Waals surface area contributed by atoms with Gasteiger partial charge in [0.25, 0.3) is 0 Å². The molecule has 0 aliphatic heterocycles. The van der Waals surface area contributed by atoms with Gasteiger partial charge >= 0.3 is 0 Å². The molecule has 3 aromatic rings. The smallest absolute Gasteiger partial charge is 0.171 e. The summed E-state index contributed by atoms with van der Waals surface area (Å²) >= 11 is 7.69. The van der Waals surface area contributed by atoms with E-state index in [4.69, 9.17) is 11.6 Å². The maximum absolute atomic E-state index is 10.1. The fourth-order valence-electron chi connectivity index (χ4n) is 2.49. The summed E-state index contributed by atoms with van der Waals surface area (Å²) in [5.74, 6) is 2.37. The predicted molar refractivity (Wildman–Crippen MR) is 106 cm³/mol. The number of aliphatic hydroxyl groups is 1. The lowest BCUT2D eigenvalue weighted by molar-refractivity contribution is 0.0825. The molecule has 0 spiro atoms. The average molecular weight is 382 g/mol. The highest BCUT2D eigenvalue weighted by Crippen LogP contribution is 2.40. The van der Waals surface area contributed by atoms with Crippen LogP contribution in [0.3, 0.4) is 0 Å². The van der Waals surface area contributed by atoms with Gasteiger partial charge in [-0.15, -0.1) is 11.3 Å². The quantitative estimate of drug-likeness (QED) is 0.567. The number of H-pyrrole nitrogens is 1. The standard InChI is InChI=1S/C17H18ClN5OS.3H2/c1-17(2,24)13-6-5-12(25-13)16-19-8-10(18)15(21-16)20-14-7-11(22-23-14)9-3-4-9;;;/h5-9,24H,3-4H2,1-2H3,(H2,19,20,21,22,23);3*1H. The minimum Gasteiger partial charge on any atom is -0.385 e. The first-order valence-corrected chi connectivity index (χ1v) is 9.27. The molecule has 0 radical (unpaired) electrons. The third-order valence-corrected chi connectivity index (χ3v) is 5.71. The van der Waals surface area contributed by atoms with E-state index in [9.17, 15) is 5.11 Å². The van der Waals surface area contributed by atoms with Crippen LogP contribution in [0.5, 0.6) is 0 Å². The molecule has 25 heavy (non-hydrogen) atoms. The lowest BCUT2D eigenvalue weighted by Gasteiger charge is -2.13. The summed E-state index contributed by atoms with van der Waals surface area (Å²) in [6, 6.07) is 5.79. The first kappa shape index (κ1) is 16.5. The fourth-order valence-corrected chi connectivity index (χ4v) is 3.57. The second kappa shape index (κ2) is 6.09. The lowest BCUT2D eigenvalue weighted by Crippen LogP contribution is -2.12. The Hall–Kier alpha value is -1.96. The first-order valence-electron chi connectivity index (χ1n) is 8.08. The monoisotopic (exact) mass is 381 g/mol. The molecule has 1 aliphatic rings. The van der Waals surface area contributed by atoms with Gasteiger partial charge in [-0.25, -0.2) is 9.97 Å². The Bertz CT molecular complexity index is 924. The number of nitrogens with zero attached hydrogens (tertiary/aromatic N) is 3. The number of hydrogen-bond acceptors (Lipinski definition) is 6. The molecule has 0 amide bonds. The van der Waals surface area contributed by atoms with Gasteiger partial charge in [-0.1, -0.05) is 11.6 Å². The van der Waals surface area contributed by atoms with Gasteiger partial charge in [-0.3, -0.25) is 5.10 Å². The fraction of sp³-hybridized carbons (Fsp3) is 0.353. The largest absolute Gasteiger partial charge is 0.385 e. The lowest BCUT2D eigenvalue weighted by atomic mass is 10.1. The molecule has 3 aromatic heterocycles. The molecule has 136 valence electrons. The van der Waals surface area contributed by atoms with E-state index in [2.05, 4.69) is 25.5 Å². The summed E-state index contributed by atoms with van der Waals surface area (Å²) in [5, 5.41) is 21.0. The summed E-state index contributed by atoms with van der Waals surface area (Å²) in [6.07, 6.45) is 3.99. The number of hydrogen-bond donors (Lipinski definition) is 3. The molecule has 4 rings (SSSR count). The number of aromatic nitrogens is 4. The summed E-state index contributed by atoms with van der Waals surface area (Å²) in [5.41, 5.74) is 0.256. The molecule has 6 nitrogen and oxygen atoms in total. The van der Waals surface area contributed by atoms with Gasteiger partial charge in [-0.05, 0) is 38.8 Å². The van der Waals surface area contributed by atoms with Crippen LogP contribution in [0.1, 0.15) is 47.5 Å². The second-order valence-electron chi connectivity index (χ2n) is 6.72. The van der Waals surface area contributed by atoms with E-state index >= 15 is 0 Å². The number of rotatable bonds is 5. The van der Waals surface area contributed by atoms with Crippen LogP contribution in [0, 0.1) is 0 Å². The van der Waals surface area contributed by atoms with E-state index in [0.717, 1.165) is 15.4 Å². The van der Waals surface area contributed by atoms with E-state index in [-0.39, 0.29) is 4.28 Å². The van der Waals surface area contributed by atoms with Crippen molar-refractivity contribution >= 4 is 34.6 Å². The highest BCUT2D eigenvalue weighted by Gasteiger charge is 2.25. The number of thiophene rings is 1. The normalized spacial score (nSPS) is 14.7. The van der Waals surface area contributed by atoms with Crippen LogP contribution >= 0.6 is 22.9 Å². The first-order chi connectivity index (χ1) is 11.9. The Labute approximate surface area is 158 Å². The van der Waals surface area contributed by atoms with Crippen LogP contribution in [0.15, 0.2) is 24.4 Å². The van der Waals surface area contributed by atoms with Crippen molar-refractivity contribution in [1.82, 2.24) is 20.2 Å². The third kappa shape index (κ3) is 3.53. The zero-order valence-electron chi connectivity index (χ0n) is 13.9. The zero-order valence-corrected chi connectivity index (χ0v) is 15.4. The van der Waals surface area contributed by atoms with Gasteiger partial charge in [0.15, 0.2) is 17.5 Å². The zero-order chi connectivity index (χ0) is 17.6. The van der Waals surface area contributed by atoms with Crippen molar-refractivity contribution in [3.63, 3.8) is 0 Å². The molecule has 0 unspecified atom stereocenters. The van der Waals surface area contributed by atoms with Crippen molar-refractivity contribution in [3.05, 3.63) is 40.0 Å². The van der Waals surface area contributed by atoms with Crippen molar-refractivity contribution in [2.24, 2.45) is 0 Å². The average Bonchev–Trinajstić information content (AvgIpc) is 3.09. The molecular weight excluding hydrogens is 358 g/mol. The molecule has 0 bridgehead atoms. The van der Waals surface area contributed by atoms with Gasteiger partial charge in [0.2, 0.25) is 0 Å². The van der Waals surface area contributed by atoms with Crippen LogP contribution in [-0.4, -0.2) is 25.3 Å². The SMILES string of the molecule is CC(C)(O)c1ccc(-c2ncc(Cl)c(Nc3cc(C4CC4)[nH]n3)n2)s1.[HH].[HH].[HH]. The Kier molecular flexibility index (Phi) is 4.02. The minimum absolute atomic E-state index is 0. The van der Waals surface area contributed by atoms with Crippen molar-refractivity contribution in [2.45, 2.75) is 38.2 Å². The van der Waals surface area contributed by atoms with Crippen LogP contribution in [0.4, 0.5) is 11.6 Å². The molecule has 3 heterocycles. The molecule has 0 saturated heterocycles. The summed E-state index contributed by atoms with van der Waals surface area (Å²) in [6.45, 7) is 3.51. The van der Waals surface area contributed by atoms with Gasteiger partial charge in [0, 0.05) is 26.8 Å². The molecule has 3 N–H and O–H groups in total. The van der Waals surface area contributed by atoms with Crippen molar-refractivity contribution in [1.29, 1.82) is 0 Å². The topological polar surface area (TPSA) is 86.7 Å². The second-order valence-corrected chi connectivity index (χ2v) is 8.21. The molecule has 0 atom stereocenters. The Morgan fingerprint density at radius 3 is 2.88 bits per heavy atom. The Balaban J connectivity index is 0.00000131. The maximum Gasteiger partial charge on any atom is 0.171 e. The Morgan fingerprint density at radius 2 is 2.20 bits per heavy atom. The predicted octanol–water partition coefficient (Wildman–Crippen LogP) is 5.17. The number of aromatic amines is 1. The van der Waals surface area contributed by atoms with Crippen molar-refractivity contribution < 1.29 is 9.39 Å². The minimum atomic E-state index is -0.884. The van der Waals surface area contributed by atoms with Crippen LogP contribution in [-0.2, 0) is 5.60 Å². The van der Waals surface area contributed by atoms with Gasteiger partial charge < -0.3 is 10.4 Å². The van der Waals surface area contributed by atoms with Crippen LogP contribution in [0.25, 0.3) is 10.7 Å². The molecule has 0 aromatic carbocycles. The van der Waals surface area contributed by atoms with E-state index in [1.807, 2.05) is 18.2 Å². The van der Waals surface area contributed by atoms with Crippen molar-refractivity contribution in [2.75, 3.05) is 5.32 Å². The van der Waals surface area contributed by atoms with E-state index in [0.29, 0.717) is 28.4 Å². The molecule has 1 aliphatic carbocycles. The third-order valence-electron chi connectivity index (χ3n) is 4.03.